The van der Waals surface area contributed by atoms with E-state index in [4.69, 9.17) is 0 Å². The predicted octanol–water partition coefficient (Wildman–Crippen LogP) is 4.29. The minimum Gasteiger partial charge on any atom is -0.310 e. The number of rotatable bonds is 4. The maximum absolute atomic E-state index is 3.83. The van der Waals surface area contributed by atoms with Gasteiger partial charge in [0.25, 0.3) is 0 Å². The highest BCUT2D eigenvalue weighted by Crippen LogP contribution is 2.58. The van der Waals surface area contributed by atoms with Gasteiger partial charge in [0.05, 0.1) is 0 Å². The van der Waals surface area contributed by atoms with Crippen molar-refractivity contribution in [1.29, 1.82) is 0 Å². The van der Waals surface area contributed by atoms with Crippen LogP contribution in [0.2, 0.25) is 0 Å². The van der Waals surface area contributed by atoms with Crippen LogP contribution in [0, 0.1) is 17.8 Å². The Morgan fingerprint density at radius 2 is 1.89 bits per heavy atom. The molecule has 0 heterocycles. The zero-order chi connectivity index (χ0) is 12.4. The summed E-state index contributed by atoms with van der Waals surface area (Å²) in [4.78, 5) is 0. The first kappa shape index (κ1) is 12.7. The highest BCUT2D eigenvalue weighted by Gasteiger charge is 2.54. The van der Waals surface area contributed by atoms with Crippen LogP contribution in [-0.2, 0) is 0 Å². The van der Waals surface area contributed by atoms with Crippen LogP contribution in [0.25, 0.3) is 0 Å². The predicted molar refractivity (Wildman–Crippen MR) is 77.6 cm³/mol. The number of nitrogens with one attached hydrogen (secondary N) is 1. The van der Waals surface area contributed by atoms with Crippen molar-refractivity contribution in [3.05, 3.63) is 11.6 Å². The van der Waals surface area contributed by atoms with E-state index in [1.165, 1.54) is 57.8 Å². The first-order chi connectivity index (χ1) is 8.92. The fraction of sp³-hybridized carbons (Fsp3) is 0.882. The van der Waals surface area contributed by atoms with Crippen LogP contribution in [-0.4, -0.2) is 12.6 Å². The van der Waals surface area contributed by atoms with Gasteiger partial charge in [-0.2, -0.15) is 0 Å². The SMILES string of the molecule is CCNC(C1=CCCCCC1)C1C2CCCCC21. The molecular formula is C17H29N. The van der Waals surface area contributed by atoms with Crippen LogP contribution in [0.5, 0.6) is 0 Å². The van der Waals surface area contributed by atoms with E-state index >= 15 is 0 Å². The molecule has 0 spiro atoms. The monoisotopic (exact) mass is 247 g/mol. The minimum atomic E-state index is 0.737. The molecule has 0 amide bonds. The summed E-state index contributed by atoms with van der Waals surface area (Å²) in [7, 11) is 0. The van der Waals surface area contributed by atoms with Crippen molar-refractivity contribution in [3.63, 3.8) is 0 Å². The average Bonchev–Trinajstić information content (AvgIpc) is 3.16. The second-order valence-corrected chi connectivity index (χ2v) is 6.60. The van der Waals surface area contributed by atoms with E-state index in [2.05, 4.69) is 18.3 Å². The molecule has 1 nitrogen and oxygen atoms in total. The van der Waals surface area contributed by atoms with Gasteiger partial charge in [0.1, 0.15) is 0 Å². The molecular weight excluding hydrogens is 218 g/mol. The van der Waals surface area contributed by atoms with Gasteiger partial charge in [-0.05, 0) is 62.8 Å². The Balaban J connectivity index is 1.69. The van der Waals surface area contributed by atoms with Gasteiger partial charge in [0.15, 0.2) is 0 Å². The molecule has 0 saturated heterocycles. The van der Waals surface area contributed by atoms with Crippen LogP contribution in [0.15, 0.2) is 11.6 Å². The van der Waals surface area contributed by atoms with Gasteiger partial charge in [0.2, 0.25) is 0 Å². The second-order valence-electron chi connectivity index (χ2n) is 6.60. The number of allylic oxidation sites excluding steroid dienone is 1. The summed E-state index contributed by atoms with van der Waals surface area (Å²) >= 11 is 0. The molecule has 0 aromatic carbocycles. The molecule has 18 heavy (non-hydrogen) atoms. The molecule has 0 aliphatic heterocycles. The first-order valence-corrected chi connectivity index (χ1v) is 8.34. The van der Waals surface area contributed by atoms with Crippen LogP contribution in [0.4, 0.5) is 0 Å². The van der Waals surface area contributed by atoms with Gasteiger partial charge < -0.3 is 5.32 Å². The van der Waals surface area contributed by atoms with Crippen LogP contribution in [0.1, 0.15) is 64.7 Å². The van der Waals surface area contributed by atoms with Gasteiger partial charge in [-0.1, -0.05) is 37.8 Å². The Morgan fingerprint density at radius 1 is 1.11 bits per heavy atom. The lowest BCUT2D eigenvalue weighted by Crippen LogP contribution is -2.34. The van der Waals surface area contributed by atoms with Crippen molar-refractivity contribution in [2.45, 2.75) is 70.8 Å². The molecule has 0 radical (unpaired) electrons. The van der Waals surface area contributed by atoms with E-state index in [1.807, 2.05) is 0 Å². The number of hydrogen-bond acceptors (Lipinski definition) is 1. The summed E-state index contributed by atoms with van der Waals surface area (Å²) in [5, 5.41) is 3.83. The van der Waals surface area contributed by atoms with Gasteiger partial charge in [-0.3, -0.25) is 0 Å². The minimum absolute atomic E-state index is 0.737. The van der Waals surface area contributed by atoms with E-state index < -0.39 is 0 Å². The molecule has 3 aliphatic carbocycles. The highest BCUT2D eigenvalue weighted by molar-refractivity contribution is 5.20. The zero-order valence-electron chi connectivity index (χ0n) is 12.0. The molecule has 3 unspecified atom stereocenters. The summed E-state index contributed by atoms with van der Waals surface area (Å²) in [5.74, 6) is 3.15. The van der Waals surface area contributed by atoms with Crippen LogP contribution in [0.3, 0.4) is 0 Å². The quantitative estimate of drug-likeness (QED) is 0.731. The van der Waals surface area contributed by atoms with Gasteiger partial charge in [-0.25, -0.2) is 0 Å². The van der Waals surface area contributed by atoms with Crippen molar-refractivity contribution in [3.8, 4) is 0 Å². The number of hydrogen-bond donors (Lipinski definition) is 1. The van der Waals surface area contributed by atoms with Crippen molar-refractivity contribution < 1.29 is 0 Å². The molecule has 0 aromatic heterocycles. The van der Waals surface area contributed by atoms with Crippen molar-refractivity contribution in [2.75, 3.05) is 6.54 Å². The smallest absolute Gasteiger partial charge is 0.0313 e. The van der Waals surface area contributed by atoms with Crippen molar-refractivity contribution in [2.24, 2.45) is 17.8 Å². The summed E-state index contributed by atoms with van der Waals surface area (Å²) in [5.41, 5.74) is 1.77. The number of fused-ring (bicyclic) bond motifs is 1. The summed E-state index contributed by atoms with van der Waals surface area (Å²) in [6.45, 7) is 3.41. The zero-order valence-corrected chi connectivity index (χ0v) is 12.0. The third-order valence-electron chi connectivity index (χ3n) is 5.51. The van der Waals surface area contributed by atoms with Crippen LogP contribution < -0.4 is 5.32 Å². The fourth-order valence-corrected chi connectivity index (χ4v) is 4.60. The summed E-state index contributed by atoms with van der Waals surface area (Å²) in [6.07, 6.45) is 15.6. The second kappa shape index (κ2) is 5.77. The lowest BCUT2D eigenvalue weighted by atomic mass is 9.95. The Morgan fingerprint density at radius 3 is 2.61 bits per heavy atom. The molecule has 3 atom stereocenters. The summed E-state index contributed by atoms with van der Waals surface area (Å²) in [6, 6.07) is 0.737. The van der Waals surface area contributed by atoms with Crippen molar-refractivity contribution >= 4 is 0 Å². The average molecular weight is 247 g/mol. The Kier molecular flexibility index (Phi) is 4.08. The largest absolute Gasteiger partial charge is 0.310 e. The lowest BCUT2D eigenvalue weighted by Gasteiger charge is -2.22. The molecule has 1 heteroatoms. The van der Waals surface area contributed by atoms with E-state index in [0.717, 1.165) is 30.3 Å². The van der Waals surface area contributed by atoms with Gasteiger partial charge in [0, 0.05) is 6.04 Å². The van der Waals surface area contributed by atoms with E-state index in [9.17, 15) is 0 Å². The molecule has 3 aliphatic rings. The highest BCUT2D eigenvalue weighted by atomic mass is 14.9. The van der Waals surface area contributed by atoms with E-state index in [-0.39, 0.29) is 0 Å². The molecule has 3 rings (SSSR count). The standard InChI is InChI=1S/C17H29N/c1-2-18-17(13-9-5-3-4-6-10-13)16-14-11-7-8-12-15(14)16/h9,14-18H,2-8,10-12H2,1H3. The van der Waals surface area contributed by atoms with E-state index in [1.54, 1.807) is 5.57 Å². The Hall–Kier alpha value is -0.300. The molecule has 102 valence electrons. The third kappa shape index (κ3) is 2.52. The lowest BCUT2D eigenvalue weighted by molar-refractivity contribution is 0.477. The number of likely N-dealkylation sites (N-methyl/N-ethyl adjacent to an activating group) is 1. The molecule has 0 bridgehead atoms. The molecule has 2 saturated carbocycles. The molecule has 2 fully saturated rings. The summed E-state index contributed by atoms with van der Waals surface area (Å²) < 4.78 is 0. The van der Waals surface area contributed by atoms with Gasteiger partial charge >= 0.3 is 0 Å². The van der Waals surface area contributed by atoms with E-state index in [0.29, 0.717) is 0 Å². The fourth-order valence-electron chi connectivity index (χ4n) is 4.60. The topological polar surface area (TPSA) is 12.0 Å². The Labute approximate surface area is 112 Å². The Bertz CT molecular complexity index is 295. The third-order valence-corrected chi connectivity index (χ3v) is 5.51. The van der Waals surface area contributed by atoms with Gasteiger partial charge in [-0.15, -0.1) is 0 Å². The maximum atomic E-state index is 3.83. The normalized spacial score (nSPS) is 37.4. The molecule has 0 aromatic rings. The maximum Gasteiger partial charge on any atom is 0.0313 e. The first-order valence-electron chi connectivity index (χ1n) is 8.34. The van der Waals surface area contributed by atoms with Crippen molar-refractivity contribution in [1.82, 2.24) is 5.32 Å². The molecule has 1 N–H and O–H groups in total. The van der Waals surface area contributed by atoms with Crippen LogP contribution >= 0.6 is 0 Å².